The van der Waals surface area contributed by atoms with E-state index in [0.717, 1.165) is 41.7 Å². The highest BCUT2D eigenvalue weighted by atomic mass is 32.2. The Balaban J connectivity index is 1.48. The SMILES string of the molecule is CCN(CC)c1ccc(-c2nnc(SCc3noc(-c4ccsc4)n3)n2CC)cc1. The van der Waals surface area contributed by atoms with Crippen LogP contribution >= 0.6 is 23.1 Å². The molecule has 0 atom stereocenters. The number of anilines is 1. The van der Waals surface area contributed by atoms with Crippen LogP contribution in [0.2, 0.25) is 0 Å². The highest BCUT2D eigenvalue weighted by Crippen LogP contribution is 2.28. The molecule has 9 heteroatoms. The van der Waals surface area contributed by atoms with E-state index in [4.69, 9.17) is 4.52 Å². The highest BCUT2D eigenvalue weighted by Gasteiger charge is 2.16. The summed E-state index contributed by atoms with van der Waals surface area (Å²) in [6, 6.07) is 10.5. The van der Waals surface area contributed by atoms with Crippen LogP contribution in [0.4, 0.5) is 5.69 Å². The fourth-order valence-corrected chi connectivity index (χ4v) is 4.72. The lowest BCUT2D eigenvalue weighted by atomic mass is 10.2. The summed E-state index contributed by atoms with van der Waals surface area (Å²) in [5.74, 6) is 2.65. The van der Waals surface area contributed by atoms with E-state index in [-0.39, 0.29) is 0 Å². The molecule has 3 heterocycles. The van der Waals surface area contributed by atoms with Crippen molar-refractivity contribution in [2.75, 3.05) is 18.0 Å². The maximum Gasteiger partial charge on any atom is 0.258 e. The molecule has 0 radical (unpaired) electrons. The van der Waals surface area contributed by atoms with Crippen LogP contribution < -0.4 is 4.90 Å². The van der Waals surface area contributed by atoms with Gasteiger partial charge in [0.05, 0.1) is 11.3 Å². The fraction of sp³-hybridized carbons (Fsp3) is 0.333. The minimum atomic E-state index is 0.554. The number of nitrogens with zero attached hydrogens (tertiary/aromatic N) is 6. The van der Waals surface area contributed by atoms with Crippen LogP contribution in [-0.4, -0.2) is 38.0 Å². The van der Waals surface area contributed by atoms with Crippen LogP contribution in [-0.2, 0) is 12.3 Å². The fourth-order valence-electron chi connectivity index (χ4n) is 3.25. The standard InChI is InChI=1S/C21H24N6OS2/c1-4-26(5-2)17-9-7-15(8-10-17)19-23-24-21(27(19)6-3)30-14-18-22-20(28-25-18)16-11-12-29-13-16/h7-13H,4-6,14H2,1-3H3. The van der Waals surface area contributed by atoms with Crippen LogP contribution in [0.3, 0.4) is 0 Å². The van der Waals surface area contributed by atoms with E-state index in [9.17, 15) is 0 Å². The Hall–Kier alpha value is -2.65. The Morgan fingerprint density at radius 1 is 1.03 bits per heavy atom. The van der Waals surface area contributed by atoms with Crippen molar-refractivity contribution in [2.45, 2.75) is 38.2 Å². The topological polar surface area (TPSA) is 72.9 Å². The summed E-state index contributed by atoms with van der Waals surface area (Å²) in [6.45, 7) is 9.21. The number of aromatic nitrogens is 5. The molecule has 3 aromatic heterocycles. The molecule has 0 aliphatic heterocycles. The van der Waals surface area contributed by atoms with Crippen molar-refractivity contribution in [3.05, 3.63) is 46.9 Å². The van der Waals surface area contributed by atoms with E-state index < -0.39 is 0 Å². The summed E-state index contributed by atoms with van der Waals surface area (Å²) in [5.41, 5.74) is 3.24. The lowest BCUT2D eigenvalue weighted by molar-refractivity contribution is 0.425. The first-order valence-electron chi connectivity index (χ1n) is 10.00. The molecule has 0 saturated carbocycles. The number of rotatable bonds is 9. The smallest absolute Gasteiger partial charge is 0.258 e. The van der Waals surface area contributed by atoms with Gasteiger partial charge in [0.1, 0.15) is 0 Å². The molecule has 0 spiro atoms. The van der Waals surface area contributed by atoms with Crippen LogP contribution in [0.1, 0.15) is 26.6 Å². The zero-order chi connectivity index (χ0) is 20.9. The van der Waals surface area contributed by atoms with E-state index >= 15 is 0 Å². The van der Waals surface area contributed by atoms with Crippen LogP contribution in [0.15, 0.2) is 50.8 Å². The van der Waals surface area contributed by atoms with Crippen LogP contribution in [0.5, 0.6) is 0 Å². The Kier molecular flexibility index (Phi) is 6.49. The molecule has 1 aromatic carbocycles. The second-order valence-corrected chi connectivity index (χ2v) is 8.31. The van der Waals surface area contributed by atoms with E-state index in [1.165, 1.54) is 5.69 Å². The van der Waals surface area contributed by atoms with Crippen molar-refractivity contribution < 1.29 is 4.52 Å². The van der Waals surface area contributed by atoms with Gasteiger partial charge in [-0.25, -0.2) is 0 Å². The van der Waals surface area contributed by atoms with Crippen molar-refractivity contribution in [3.63, 3.8) is 0 Å². The summed E-state index contributed by atoms with van der Waals surface area (Å²) in [6.07, 6.45) is 0. The molecule has 0 fully saturated rings. The van der Waals surface area contributed by atoms with Crippen molar-refractivity contribution >= 4 is 28.8 Å². The molecule has 0 N–H and O–H groups in total. The Bertz CT molecular complexity index is 1070. The van der Waals surface area contributed by atoms with Crippen molar-refractivity contribution in [2.24, 2.45) is 0 Å². The third-order valence-corrected chi connectivity index (χ3v) is 6.50. The molecular weight excluding hydrogens is 416 g/mol. The van der Waals surface area contributed by atoms with Gasteiger partial charge < -0.3 is 14.0 Å². The Labute approximate surface area is 184 Å². The molecule has 0 aliphatic carbocycles. The second kappa shape index (κ2) is 9.44. The van der Waals surface area contributed by atoms with Gasteiger partial charge in [0.15, 0.2) is 16.8 Å². The number of thiophene rings is 1. The maximum absolute atomic E-state index is 5.36. The Morgan fingerprint density at radius 2 is 1.83 bits per heavy atom. The molecule has 0 aliphatic rings. The summed E-state index contributed by atoms with van der Waals surface area (Å²) in [5, 5.41) is 17.8. The quantitative estimate of drug-likeness (QED) is 0.331. The molecule has 0 unspecified atom stereocenters. The lowest BCUT2D eigenvalue weighted by Crippen LogP contribution is -2.21. The third kappa shape index (κ3) is 4.27. The molecular formula is C21H24N6OS2. The number of hydrogen-bond acceptors (Lipinski definition) is 8. The summed E-state index contributed by atoms with van der Waals surface area (Å²) in [4.78, 5) is 6.80. The van der Waals surface area contributed by atoms with Crippen molar-refractivity contribution in [1.82, 2.24) is 24.9 Å². The van der Waals surface area contributed by atoms with Crippen molar-refractivity contribution in [1.29, 1.82) is 0 Å². The molecule has 30 heavy (non-hydrogen) atoms. The van der Waals surface area contributed by atoms with E-state index in [2.05, 4.69) is 74.8 Å². The molecule has 0 amide bonds. The molecule has 0 saturated heterocycles. The Morgan fingerprint density at radius 3 is 2.50 bits per heavy atom. The maximum atomic E-state index is 5.36. The summed E-state index contributed by atoms with van der Waals surface area (Å²) >= 11 is 3.17. The first-order chi connectivity index (χ1) is 14.7. The van der Waals surface area contributed by atoms with E-state index in [0.29, 0.717) is 17.5 Å². The van der Waals surface area contributed by atoms with E-state index in [1.54, 1.807) is 23.1 Å². The number of benzene rings is 1. The van der Waals surface area contributed by atoms with Gasteiger partial charge in [-0.1, -0.05) is 16.9 Å². The van der Waals surface area contributed by atoms with Gasteiger partial charge in [-0.3, -0.25) is 0 Å². The normalized spacial score (nSPS) is 11.2. The summed E-state index contributed by atoms with van der Waals surface area (Å²) in [7, 11) is 0. The average molecular weight is 441 g/mol. The predicted octanol–water partition coefficient (Wildman–Crippen LogP) is 5.22. The summed E-state index contributed by atoms with van der Waals surface area (Å²) < 4.78 is 7.48. The van der Waals surface area contributed by atoms with Gasteiger partial charge in [0, 0.05) is 36.3 Å². The lowest BCUT2D eigenvalue weighted by Gasteiger charge is -2.21. The van der Waals surface area contributed by atoms with Crippen molar-refractivity contribution in [3.8, 4) is 22.8 Å². The minimum absolute atomic E-state index is 0.554. The number of thioether (sulfide) groups is 1. The molecule has 156 valence electrons. The van der Waals surface area contributed by atoms with Gasteiger partial charge in [-0.15, -0.1) is 10.2 Å². The van der Waals surface area contributed by atoms with Gasteiger partial charge in [0.2, 0.25) is 0 Å². The zero-order valence-electron chi connectivity index (χ0n) is 17.3. The minimum Gasteiger partial charge on any atom is -0.372 e. The second-order valence-electron chi connectivity index (χ2n) is 6.59. The molecule has 7 nitrogen and oxygen atoms in total. The first kappa shape index (κ1) is 20.6. The molecule has 4 rings (SSSR count). The van der Waals surface area contributed by atoms with Gasteiger partial charge >= 0.3 is 0 Å². The molecule has 0 bridgehead atoms. The first-order valence-corrected chi connectivity index (χ1v) is 11.9. The van der Waals surface area contributed by atoms with Gasteiger partial charge in [0.25, 0.3) is 5.89 Å². The van der Waals surface area contributed by atoms with Crippen LogP contribution in [0, 0.1) is 0 Å². The monoisotopic (exact) mass is 440 g/mol. The van der Waals surface area contributed by atoms with Gasteiger partial charge in [-0.2, -0.15) is 16.3 Å². The van der Waals surface area contributed by atoms with Gasteiger partial charge in [-0.05, 0) is 56.5 Å². The zero-order valence-corrected chi connectivity index (χ0v) is 18.9. The molecule has 4 aromatic rings. The average Bonchev–Trinajstić information content (AvgIpc) is 3.53. The van der Waals surface area contributed by atoms with Crippen LogP contribution in [0.25, 0.3) is 22.8 Å². The largest absolute Gasteiger partial charge is 0.372 e. The highest BCUT2D eigenvalue weighted by molar-refractivity contribution is 7.98. The number of hydrogen-bond donors (Lipinski definition) is 0. The van der Waals surface area contributed by atoms with E-state index in [1.807, 2.05) is 16.8 Å². The third-order valence-electron chi connectivity index (χ3n) is 4.85. The predicted molar refractivity (Wildman–Crippen MR) is 122 cm³/mol.